The van der Waals surface area contributed by atoms with Crippen LogP contribution in [0.5, 0.6) is 0 Å². The minimum atomic E-state index is -0.806. The SMILES string of the molecule is N[C@H](CCN1CCC(C(=O)O)CC1)c1ccc(-c2c[nH]c(=O)c(F)c2)cc1. The monoisotopic (exact) mass is 373 g/mol. The van der Waals surface area contributed by atoms with Crippen molar-refractivity contribution in [3.05, 3.63) is 58.3 Å². The van der Waals surface area contributed by atoms with Gasteiger partial charge in [0.15, 0.2) is 5.82 Å². The zero-order chi connectivity index (χ0) is 19.4. The number of hydrogen-bond acceptors (Lipinski definition) is 4. The molecule has 0 spiro atoms. The fraction of sp³-hybridized carbons (Fsp3) is 0.400. The van der Waals surface area contributed by atoms with Gasteiger partial charge in [0.1, 0.15) is 0 Å². The predicted octanol–water partition coefficient (Wildman–Crippen LogP) is 2.37. The molecule has 1 aromatic carbocycles. The van der Waals surface area contributed by atoms with Crippen LogP contribution in [0.3, 0.4) is 0 Å². The number of pyridine rings is 1. The second-order valence-electron chi connectivity index (χ2n) is 7.04. The van der Waals surface area contributed by atoms with Gasteiger partial charge < -0.3 is 20.7 Å². The number of halogens is 1. The summed E-state index contributed by atoms with van der Waals surface area (Å²) in [5, 5.41) is 9.05. The molecule has 27 heavy (non-hydrogen) atoms. The Balaban J connectivity index is 1.55. The summed E-state index contributed by atoms with van der Waals surface area (Å²) >= 11 is 0. The van der Waals surface area contributed by atoms with Crippen LogP contribution in [0.25, 0.3) is 11.1 Å². The molecule has 6 nitrogen and oxygen atoms in total. The highest BCUT2D eigenvalue weighted by Crippen LogP contribution is 2.23. The average Bonchev–Trinajstić information content (AvgIpc) is 2.68. The first kappa shape index (κ1) is 19.3. The summed E-state index contributed by atoms with van der Waals surface area (Å²) in [5.74, 6) is -1.73. The molecule has 2 heterocycles. The first-order chi connectivity index (χ1) is 12.9. The van der Waals surface area contributed by atoms with Gasteiger partial charge in [-0.25, -0.2) is 4.39 Å². The van der Waals surface area contributed by atoms with Crippen molar-refractivity contribution in [2.45, 2.75) is 25.3 Å². The fourth-order valence-electron chi connectivity index (χ4n) is 3.44. The summed E-state index contributed by atoms with van der Waals surface area (Å²) < 4.78 is 13.4. The van der Waals surface area contributed by atoms with Crippen LogP contribution < -0.4 is 11.3 Å². The van der Waals surface area contributed by atoms with Crippen molar-refractivity contribution in [1.82, 2.24) is 9.88 Å². The number of aromatic amines is 1. The van der Waals surface area contributed by atoms with Crippen molar-refractivity contribution in [2.75, 3.05) is 19.6 Å². The Hall–Kier alpha value is -2.51. The number of nitrogens with one attached hydrogen (secondary N) is 1. The number of nitrogens with two attached hydrogens (primary N) is 1. The van der Waals surface area contributed by atoms with Crippen LogP contribution in [-0.4, -0.2) is 40.6 Å². The van der Waals surface area contributed by atoms with E-state index in [1.165, 1.54) is 12.3 Å². The van der Waals surface area contributed by atoms with E-state index in [9.17, 15) is 14.0 Å². The second-order valence-corrected chi connectivity index (χ2v) is 7.04. The van der Waals surface area contributed by atoms with Gasteiger partial charge in [0.05, 0.1) is 5.92 Å². The molecule has 0 saturated carbocycles. The molecule has 2 aromatic rings. The number of carboxylic acids is 1. The number of carbonyl (C=O) groups is 1. The average molecular weight is 373 g/mol. The van der Waals surface area contributed by atoms with Crippen LogP contribution in [0.2, 0.25) is 0 Å². The molecule has 1 aromatic heterocycles. The van der Waals surface area contributed by atoms with E-state index in [-0.39, 0.29) is 12.0 Å². The standard InChI is InChI=1S/C20H24FN3O3/c21-17-11-16(12-23-19(17)25)13-1-3-14(4-2-13)18(22)7-10-24-8-5-15(6-9-24)20(26)27/h1-4,11-12,15,18H,5-10,22H2,(H,23,25)(H,26,27)/t18-/m1/s1. The summed E-state index contributed by atoms with van der Waals surface area (Å²) in [6, 6.07) is 8.65. The lowest BCUT2D eigenvalue weighted by molar-refractivity contribution is -0.143. The van der Waals surface area contributed by atoms with Crippen LogP contribution in [0.4, 0.5) is 4.39 Å². The van der Waals surface area contributed by atoms with E-state index in [0.717, 1.165) is 37.2 Å². The zero-order valence-corrected chi connectivity index (χ0v) is 15.0. The smallest absolute Gasteiger partial charge is 0.306 e. The number of nitrogens with zero attached hydrogens (tertiary/aromatic N) is 1. The molecule has 144 valence electrons. The summed E-state index contributed by atoms with van der Waals surface area (Å²) in [6.07, 6.45) is 3.65. The van der Waals surface area contributed by atoms with Gasteiger partial charge in [-0.3, -0.25) is 9.59 Å². The number of rotatable bonds is 6. The van der Waals surface area contributed by atoms with Gasteiger partial charge in [-0.2, -0.15) is 0 Å². The van der Waals surface area contributed by atoms with Gasteiger partial charge >= 0.3 is 5.97 Å². The van der Waals surface area contributed by atoms with Gasteiger partial charge in [-0.15, -0.1) is 0 Å². The number of hydrogen-bond donors (Lipinski definition) is 3. The summed E-state index contributed by atoms with van der Waals surface area (Å²) in [6.45, 7) is 2.42. The zero-order valence-electron chi connectivity index (χ0n) is 15.0. The van der Waals surface area contributed by atoms with E-state index in [1.807, 2.05) is 24.3 Å². The Morgan fingerprint density at radius 3 is 2.52 bits per heavy atom. The number of likely N-dealkylation sites (tertiary alicyclic amines) is 1. The van der Waals surface area contributed by atoms with E-state index < -0.39 is 17.3 Å². The van der Waals surface area contributed by atoms with Crippen LogP contribution in [0, 0.1) is 11.7 Å². The van der Waals surface area contributed by atoms with E-state index in [2.05, 4.69) is 9.88 Å². The molecule has 1 aliphatic rings. The summed E-state index contributed by atoms with van der Waals surface area (Å²) in [4.78, 5) is 26.8. The summed E-state index contributed by atoms with van der Waals surface area (Å²) in [5.41, 5.74) is 7.96. The number of piperidine rings is 1. The van der Waals surface area contributed by atoms with Gasteiger partial charge in [0.2, 0.25) is 0 Å². The highest BCUT2D eigenvalue weighted by molar-refractivity contribution is 5.70. The van der Waals surface area contributed by atoms with Gasteiger partial charge in [-0.05, 0) is 56.1 Å². The lowest BCUT2D eigenvalue weighted by Gasteiger charge is -2.30. The Labute approximate surface area is 156 Å². The molecular weight excluding hydrogens is 349 g/mol. The molecule has 4 N–H and O–H groups in total. The van der Waals surface area contributed by atoms with Crippen molar-refractivity contribution in [1.29, 1.82) is 0 Å². The van der Waals surface area contributed by atoms with Crippen LogP contribution in [-0.2, 0) is 4.79 Å². The van der Waals surface area contributed by atoms with E-state index in [0.29, 0.717) is 18.4 Å². The molecule has 1 saturated heterocycles. The first-order valence-corrected chi connectivity index (χ1v) is 9.13. The summed E-state index contributed by atoms with van der Waals surface area (Å²) in [7, 11) is 0. The third-order valence-electron chi connectivity index (χ3n) is 5.22. The molecule has 1 fully saturated rings. The molecular formula is C20H24FN3O3. The van der Waals surface area contributed by atoms with Crippen molar-refractivity contribution < 1.29 is 14.3 Å². The predicted molar refractivity (Wildman–Crippen MR) is 101 cm³/mol. The Morgan fingerprint density at radius 2 is 1.93 bits per heavy atom. The third kappa shape index (κ3) is 4.81. The Morgan fingerprint density at radius 1 is 1.26 bits per heavy atom. The molecule has 0 unspecified atom stereocenters. The highest BCUT2D eigenvalue weighted by Gasteiger charge is 2.24. The number of carboxylic acid groups (broad SMARTS) is 1. The maximum atomic E-state index is 13.4. The maximum Gasteiger partial charge on any atom is 0.306 e. The van der Waals surface area contributed by atoms with Gasteiger partial charge in [0.25, 0.3) is 5.56 Å². The molecule has 0 amide bonds. The van der Waals surface area contributed by atoms with Gasteiger partial charge in [0, 0.05) is 17.8 Å². The largest absolute Gasteiger partial charge is 0.481 e. The van der Waals surface area contributed by atoms with Gasteiger partial charge in [-0.1, -0.05) is 24.3 Å². The quantitative estimate of drug-likeness (QED) is 0.722. The maximum absolute atomic E-state index is 13.4. The molecule has 0 bridgehead atoms. The molecule has 1 atom stereocenters. The highest BCUT2D eigenvalue weighted by atomic mass is 19.1. The van der Waals surface area contributed by atoms with E-state index in [4.69, 9.17) is 10.8 Å². The number of benzene rings is 1. The number of aromatic nitrogens is 1. The lowest BCUT2D eigenvalue weighted by Crippen LogP contribution is -2.37. The van der Waals surface area contributed by atoms with Crippen LogP contribution >= 0.6 is 0 Å². The van der Waals surface area contributed by atoms with Crippen molar-refractivity contribution in [3.63, 3.8) is 0 Å². The van der Waals surface area contributed by atoms with E-state index in [1.54, 1.807) is 0 Å². The first-order valence-electron chi connectivity index (χ1n) is 9.13. The Bertz CT molecular complexity index is 842. The van der Waals surface area contributed by atoms with Crippen molar-refractivity contribution in [3.8, 4) is 11.1 Å². The second kappa shape index (κ2) is 8.45. The molecule has 3 rings (SSSR count). The Kier molecular flexibility index (Phi) is 6.03. The molecule has 0 aliphatic carbocycles. The van der Waals surface area contributed by atoms with E-state index >= 15 is 0 Å². The van der Waals surface area contributed by atoms with Crippen molar-refractivity contribution >= 4 is 5.97 Å². The number of H-pyrrole nitrogens is 1. The normalized spacial score (nSPS) is 17.0. The van der Waals surface area contributed by atoms with Crippen LogP contribution in [0.15, 0.2) is 41.3 Å². The lowest BCUT2D eigenvalue weighted by atomic mass is 9.96. The number of aliphatic carboxylic acids is 1. The third-order valence-corrected chi connectivity index (χ3v) is 5.22. The molecule has 0 radical (unpaired) electrons. The minimum Gasteiger partial charge on any atom is -0.481 e. The van der Waals surface area contributed by atoms with Crippen molar-refractivity contribution in [2.24, 2.45) is 11.7 Å². The van der Waals surface area contributed by atoms with Crippen LogP contribution in [0.1, 0.15) is 30.9 Å². The minimum absolute atomic E-state index is 0.122. The fourth-order valence-corrected chi connectivity index (χ4v) is 3.44. The molecule has 7 heteroatoms. The molecule has 1 aliphatic heterocycles. The topological polar surface area (TPSA) is 99.4 Å².